The molecule has 0 radical (unpaired) electrons. The van der Waals surface area contributed by atoms with E-state index < -0.39 is 0 Å². The van der Waals surface area contributed by atoms with Crippen molar-refractivity contribution in [2.75, 3.05) is 11.9 Å². The van der Waals surface area contributed by atoms with E-state index in [1.807, 2.05) is 37.3 Å². The number of halogens is 1. The summed E-state index contributed by atoms with van der Waals surface area (Å²) in [7, 11) is 0. The van der Waals surface area contributed by atoms with Gasteiger partial charge in [-0.1, -0.05) is 23.4 Å². The molecule has 1 aromatic heterocycles. The molecule has 22 heavy (non-hydrogen) atoms. The number of aromatic nitrogens is 1. The number of nitrogens with one attached hydrogen (secondary N) is 1. The topological polar surface area (TPSA) is 45.2 Å². The Bertz CT molecular complexity index is 875. The van der Waals surface area contributed by atoms with E-state index in [0.717, 1.165) is 21.0 Å². The zero-order valence-corrected chi connectivity index (χ0v) is 13.4. The lowest BCUT2D eigenvalue weighted by Crippen LogP contribution is -1.97. The van der Waals surface area contributed by atoms with Gasteiger partial charge >= 0.3 is 0 Å². The van der Waals surface area contributed by atoms with Gasteiger partial charge < -0.3 is 10.4 Å². The van der Waals surface area contributed by atoms with E-state index in [1.165, 1.54) is 0 Å². The number of fused-ring (bicyclic) bond motifs is 1. The fourth-order valence-electron chi connectivity index (χ4n) is 2.06. The summed E-state index contributed by atoms with van der Waals surface area (Å²) in [5.74, 6) is 6.27. The van der Waals surface area contributed by atoms with Crippen LogP contribution in [0, 0.1) is 18.8 Å². The number of aromatic hydroxyl groups is 1. The lowest BCUT2D eigenvalue weighted by molar-refractivity contribution is 0.480. The van der Waals surface area contributed by atoms with Crippen LogP contribution >= 0.6 is 22.9 Å². The van der Waals surface area contributed by atoms with E-state index in [0.29, 0.717) is 17.1 Å². The van der Waals surface area contributed by atoms with Gasteiger partial charge in [0.05, 0.1) is 16.3 Å². The Hall–Kier alpha value is -2.22. The van der Waals surface area contributed by atoms with Crippen molar-refractivity contribution in [3.63, 3.8) is 0 Å². The van der Waals surface area contributed by atoms with E-state index in [9.17, 15) is 5.11 Å². The first-order valence-electron chi connectivity index (χ1n) is 6.70. The fourth-order valence-corrected chi connectivity index (χ4v) is 3.07. The summed E-state index contributed by atoms with van der Waals surface area (Å²) < 4.78 is 0.951. The first kappa shape index (κ1) is 14.7. The maximum atomic E-state index is 9.97. The van der Waals surface area contributed by atoms with Gasteiger partial charge in [-0.15, -0.1) is 11.3 Å². The predicted molar refractivity (Wildman–Crippen MR) is 92.8 cm³/mol. The van der Waals surface area contributed by atoms with Crippen LogP contribution in [0.2, 0.25) is 5.02 Å². The van der Waals surface area contributed by atoms with Crippen LogP contribution in [0.5, 0.6) is 5.75 Å². The molecule has 0 aliphatic rings. The van der Waals surface area contributed by atoms with Crippen molar-refractivity contribution in [1.82, 2.24) is 4.98 Å². The van der Waals surface area contributed by atoms with Crippen LogP contribution in [0.1, 0.15) is 10.6 Å². The molecule has 2 N–H and O–H groups in total. The quantitative estimate of drug-likeness (QED) is 0.684. The molecular weight excluding hydrogens is 316 g/mol. The van der Waals surface area contributed by atoms with Crippen molar-refractivity contribution in [3.8, 4) is 17.6 Å². The van der Waals surface area contributed by atoms with Crippen molar-refractivity contribution in [2.24, 2.45) is 0 Å². The Labute approximate surface area is 137 Å². The van der Waals surface area contributed by atoms with Crippen LogP contribution in [0.3, 0.4) is 0 Å². The average Bonchev–Trinajstić information content (AvgIpc) is 2.86. The van der Waals surface area contributed by atoms with Crippen LogP contribution in [-0.4, -0.2) is 16.6 Å². The normalized spacial score (nSPS) is 10.3. The molecule has 0 saturated heterocycles. The lowest BCUT2D eigenvalue weighted by atomic mass is 10.2. The molecule has 0 spiro atoms. The van der Waals surface area contributed by atoms with Crippen LogP contribution < -0.4 is 5.32 Å². The monoisotopic (exact) mass is 328 g/mol. The molecule has 3 aromatic rings. The smallest absolute Gasteiger partial charge is 0.143 e. The number of nitrogens with zero attached hydrogens (tertiary/aromatic N) is 1. The van der Waals surface area contributed by atoms with Gasteiger partial charge in [0.2, 0.25) is 0 Å². The molecule has 0 fully saturated rings. The van der Waals surface area contributed by atoms with Crippen molar-refractivity contribution in [2.45, 2.75) is 6.92 Å². The summed E-state index contributed by atoms with van der Waals surface area (Å²) in [6.45, 7) is 2.44. The van der Waals surface area contributed by atoms with Gasteiger partial charge in [-0.05, 0) is 43.3 Å². The van der Waals surface area contributed by atoms with Gasteiger partial charge in [-0.2, -0.15) is 0 Å². The summed E-state index contributed by atoms with van der Waals surface area (Å²) >= 11 is 7.38. The predicted octanol–water partition coefficient (Wildman–Crippen LogP) is 4.43. The molecule has 1 heterocycles. The molecule has 0 aliphatic carbocycles. The zero-order valence-electron chi connectivity index (χ0n) is 11.9. The minimum atomic E-state index is 0.178. The van der Waals surface area contributed by atoms with E-state index >= 15 is 0 Å². The molecule has 0 aliphatic heterocycles. The number of thiazole rings is 1. The van der Waals surface area contributed by atoms with Gasteiger partial charge in [0.25, 0.3) is 0 Å². The second-order valence-electron chi connectivity index (χ2n) is 4.74. The number of hydrogen-bond donors (Lipinski definition) is 2. The molecule has 0 unspecified atom stereocenters. The van der Waals surface area contributed by atoms with Gasteiger partial charge in [0.1, 0.15) is 11.3 Å². The Morgan fingerprint density at radius 3 is 2.82 bits per heavy atom. The number of phenols is 1. The zero-order chi connectivity index (χ0) is 15.5. The molecule has 3 rings (SSSR count). The Morgan fingerprint density at radius 1 is 1.27 bits per heavy atom. The maximum Gasteiger partial charge on any atom is 0.143 e. The second kappa shape index (κ2) is 6.27. The van der Waals surface area contributed by atoms with Crippen molar-refractivity contribution in [1.29, 1.82) is 0 Å². The average molecular weight is 329 g/mol. The third-order valence-corrected chi connectivity index (χ3v) is 4.21. The standard InChI is InChI=1S/C17H13ClN2OS/c1-11-20-17-15(21)9-12(10-16(17)22-11)3-2-8-19-14-6-4-13(18)5-7-14/h4-7,9-10,19,21H,8H2,1H3. The van der Waals surface area contributed by atoms with Gasteiger partial charge in [0, 0.05) is 16.3 Å². The summed E-state index contributed by atoms with van der Waals surface area (Å²) in [5, 5.41) is 14.8. The second-order valence-corrected chi connectivity index (χ2v) is 6.41. The Morgan fingerprint density at radius 2 is 2.05 bits per heavy atom. The van der Waals surface area contributed by atoms with E-state index in [2.05, 4.69) is 22.1 Å². The van der Waals surface area contributed by atoms with Crippen LogP contribution in [-0.2, 0) is 0 Å². The third kappa shape index (κ3) is 3.33. The molecule has 3 nitrogen and oxygen atoms in total. The highest BCUT2D eigenvalue weighted by atomic mass is 35.5. The first-order chi connectivity index (χ1) is 10.6. The fraction of sp³-hybridized carbons (Fsp3) is 0.118. The molecule has 0 bridgehead atoms. The molecule has 5 heteroatoms. The van der Waals surface area contributed by atoms with Crippen molar-refractivity contribution >= 4 is 38.8 Å². The minimum absolute atomic E-state index is 0.178. The highest BCUT2D eigenvalue weighted by molar-refractivity contribution is 7.18. The summed E-state index contributed by atoms with van der Waals surface area (Å²) in [5.41, 5.74) is 2.40. The van der Waals surface area contributed by atoms with Crippen molar-refractivity contribution in [3.05, 3.63) is 52.0 Å². The molecule has 2 aromatic carbocycles. The first-order valence-corrected chi connectivity index (χ1v) is 7.90. The van der Waals surface area contributed by atoms with Crippen LogP contribution in [0.4, 0.5) is 5.69 Å². The largest absolute Gasteiger partial charge is 0.506 e. The molecule has 0 saturated carbocycles. The maximum absolute atomic E-state index is 9.97. The highest BCUT2D eigenvalue weighted by Gasteiger charge is 2.06. The minimum Gasteiger partial charge on any atom is -0.506 e. The molecule has 0 atom stereocenters. The van der Waals surface area contributed by atoms with Crippen LogP contribution in [0.25, 0.3) is 10.2 Å². The van der Waals surface area contributed by atoms with Crippen molar-refractivity contribution < 1.29 is 5.11 Å². The number of anilines is 1. The number of rotatable bonds is 2. The summed E-state index contributed by atoms with van der Waals surface area (Å²) in [6, 6.07) is 11.1. The number of hydrogen-bond acceptors (Lipinski definition) is 4. The Kier molecular flexibility index (Phi) is 4.19. The number of benzene rings is 2. The molecule has 0 amide bonds. The van der Waals surface area contributed by atoms with Crippen LogP contribution in [0.15, 0.2) is 36.4 Å². The SMILES string of the molecule is Cc1nc2c(O)cc(C#CCNc3ccc(Cl)cc3)cc2s1. The lowest BCUT2D eigenvalue weighted by Gasteiger charge is -2.01. The molecular formula is C17H13ClN2OS. The van der Waals surface area contributed by atoms with E-state index in [1.54, 1.807) is 17.4 Å². The van der Waals surface area contributed by atoms with E-state index in [-0.39, 0.29) is 5.75 Å². The molecule has 110 valence electrons. The third-order valence-electron chi connectivity index (χ3n) is 3.04. The summed E-state index contributed by atoms with van der Waals surface area (Å²) in [4.78, 5) is 4.29. The highest BCUT2D eigenvalue weighted by Crippen LogP contribution is 2.30. The van der Waals surface area contributed by atoms with Gasteiger partial charge in [-0.3, -0.25) is 0 Å². The Balaban J connectivity index is 1.72. The number of aryl methyl sites for hydroxylation is 1. The van der Waals surface area contributed by atoms with Gasteiger partial charge in [-0.25, -0.2) is 4.98 Å². The van der Waals surface area contributed by atoms with E-state index in [4.69, 9.17) is 11.6 Å². The number of phenolic OH excluding ortho intramolecular Hbond substituents is 1. The van der Waals surface area contributed by atoms with Gasteiger partial charge in [0.15, 0.2) is 0 Å². The summed E-state index contributed by atoms with van der Waals surface area (Å²) in [6.07, 6.45) is 0.